The molecule has 0 aromatic heterocycles. The van der Waals surface area contributed by atoms with Crippen molar-refractivity contribution in [3.8, 4) is 11.5 Å². The molecule has 2 rings (SSSR count). The third-order valence-electron chi connectivity index (χ3n) is 2.61. The maximum Gasteiger partial charge on any atom is 0.475 e. The summed E-state index contributed by atoms with van der Waals surface area (Å²) in [5.74, 6) is 1.45. The van der Waals surface area contributed by atoms with Crippen molar-refractivity contribution in [1.29, 1.82) is 0 Å². The van der Waals surface area contributed by atoms with Gasteiger partial charge in [-0.1, -0.05) is 18.2 Å². The standard InChI is InChI=1S/C14H19O6P/c1-3-18-21(15,19-4-2)20-9-5-6-12-7-8-13-14(10-12)17-11-16-13/h5-8,10H,3-4,9,11H2,1-2H3/b6-5+. The summed E-state index contributed by atoms with van der Waals surface area (Å²) in [5, 5.41) is 0. The predicted molar refractivity (Wildman–Crippen MR) is 78.4 cm³/mol. The van der Waals surface area contributed by atoms with E-state index in [-0.39, 0.29) is 26.6 Å². The van der Waals surface area contributed by atoms with E-state index in [1.165, 1.54) is 0 Å². The number of hydrogen-bond acceptors (Lipinski definition) is 6. The monoisotopic (exact) mass is 314 g/mol. The summed E-state index contributed by atoms with van der Waals surface area (Å²) in [6.07, 6.45) is 3.58. The molecule has 0 saturated carbocycles. The predicted octanol–water partition coefficient (Wildman–Crippen LogP) is 3.63. The molecule has 116 valence electrons. The van der Waals surface area contributed by atoms with Gasteiger partial charge in [-0.3, -0.25) is 13.6 Å². The van der Waals surface area contributed by atoms with Crippen molar-refractivity contribution in [2.75, 3.05) is 26.6 Å². The zero-order valence-electron chi connectivity index (χ0n) is 12.1. The van der Waals surface area contributed by atoms with Crippen molar-refractivity contribution < 1.29 is 27.6 Å². The second-order valence-electron chi connectivity index (χ2n) is 4.09. The zero-order chi connectivity index (χ0) is 15.1. The van der Waals surface area contributed by atoms with Crippen LogP contribution in [-0.2, 0) is 18.1 Å². The molecule has 0 saturated heterocycles. The summed E-state index contributed by atoms with van der Waals surface area (Å²) in [5.41, 5.74) is 0.936. The van der Waals surface area contributed by atoms with Gasteiger partial charge in [0.05, 0.1) is 19.8 Å². The first-order valence-corrected chi connectivity index (χ1v) is 8.23. The molecule has 0 fully saturated rings. The lowest BCUT2D eigenvalue weighted by molar-refractivity contribution is 0.131. The van der Waals surface area contributed by atoms with Gasteiger partial charge in [0.25, 0.3) is 0 Å². The van der Waals surface area contributed by atoms with Gasteiger partial charge < -0.3 is 9.47 Å². The molecular weight excluding hydrogens is 295 g/mol. The van der Waals surface area contributed by atoms with Crippen LogP contribution >= 0.6 is 7.82 Å². The Morgan fingerprint density at radius 2 is 1.86 bits per heavy atom. The van der Waals surface area contributed by atoms with E-state index in [0.29, 0.717) is 5.75 Å². The molecule has 0 bridgehead atoms. The largest absolute Gasteiger partial charge is 0.475 e. The fourth-order valence-electron chi connectivity index (χ4n) is 1.76. The van der Waals surface area contributed by atoms with Crippen molar-refractivity contribution in [1.82, 2.24) is 0 Å². The highest BCUT2D eigenvalue weighted by Gasteiger charge is 2.24. The van der Waals surface area contributed by atoms with E-state index < -0.39 is 7.82 Å². The SMILES string of the molecule is CCOP(=O)(OCC)OC/C=C/c1ccc2c(c1)OCO2. The van der Waals surface area contributed by atoms with E-state index in [1.807, 2.05) is 24.3 Å². The molecular formula is C14H19O6P. The van der Waals surface area contributed by atoms with Gasteiger partial charge in [-0.2, -0.15) is 0 Å². The number of benzene rings is 1. The van der Waals surface area contributed by atoms with Crippen molar-refractivity contribution in [3.63, 3.8) is 0 Å². The van der Waals surface area contributed by atoms with E-state index >= 15 is 0 Å². The topological polar surface area (TPSA) is 63.2 Å². The quantitative estimate of drug-likeness (QED) is 0.683. The van der Waals surface area contributed by atoms with Gasteiger partial charge in [-0.15, -0.1) is 0 Å². The summed E-state index contributed by atoms with van der Waals surface area (Å²) in [6, 6.07) is 5.60. The third-order valence-corrected chi connectivity index (χ3v) is 4.22. The second-order valence-corrected chi connectivity index (χ2v) is 5.76. The summed E-state index contributed by atoms with van der Waals surface area (Å²) in [4.78, 5) is 0. The highest BCUT2D eigenvalue weighted by atomic mass is 31.2. The molecule has 1 aliphatic rings. The molecule has 1 aromatic carbocycles. The number of phosphoric acid groups is 1. The number of ether oxygens (including phenoxy) is 2. The van der Waals surface area contributed by atoms with Crippen LogP contribution < -0.4 is 9.47 Å². The van der Waals surface area contributed by atoms with Gasteiger partial charge in [0.1, 0.15) is 0 Å². The zero-order valence-corrected chi connectivity index (χ0v) is 13.0. The molecule has 6 nitrogen and oxygen atoms in total. The molecule has 0 radical (unpaired) electrons. The lowest BCUT2D eigenvalue weighted by Crippen LogP contribution is -2.00. The molecule has 7 heteroatoms. The highest BCUT2D eigenvalue weighted by molar-refractivity contribution is 7.48. The Labute approximate surface area is 124 Å². The van der Waals surface area contributed by atoms with Crippen LogP contribution in [0.3, 0.4) is 0 Å². The molecule has 1 aliphatic heterocycles. The first-order valence-electron chi connectivity index (χ1n) is 6.76. The third kappa shape index (κ3) is 4.58. The van der Waals surface area contributed by atoms with Gasteiger partial charge in [0.15, 0.2) is 11.5 Å². The van der Waals surface area contributed by atoms with E-state index in [1.54, 1.807) is 19.9 Å². The van der Waals surface area contributed by atoms with Crippen LogP contribution in [0.4, 0.5) is 0 Å². The van der Waals surface area contributed by atoms with Crippen molar-refractivity contribution >= 4 is 13.9 Å². The summed E-state index contributed by atoms with van der Waals surface area (Å²) in [6.45, 7) is 4.38. The van der Waals surface area contributed by atoms with Crippen molar-refractivity contribution in [2.45, 2.75) is 13.8 Å². The molecule has 0 unspecified atom stereocenters. The second kappa shape index (κ2) is 7.61. The molecule has 21 heavy (non-hydrogen) atoms. The lowest BCUT2D eigenvalue weighted by Gasteiger charge is -2.15. The Bertz CT molecular complexity index is 532. The van der Waals surface area contributed by atoms with Crippen LogP contribution in [0.25, 0.3) is 6.08 Å². The van der Waals surface area contributed by atoms with Gasteiger partial charge in [-0.05, 0) is 31.5 Å². The highest BCUT2D eigenvalue weighted by Crippen LogP contribution is 2.49. The van der Waals surface area contributed by atoms with Crippen LogP contribution in [0.2, 0.25) is 0 Å². The van der Waals surface area contributed by atoms with Crippen LogP contribution in [0.1, 0.15) is 19.4 Å². The number of phosphoric ester groups is 1. The number of hydrogen-bond donors (Lipinski definition) is 0. The van der Waals surface area contributed by atoms with E-state index in [4.69, 9.17) is 23.0 Å². The first-order chi connectivity index (χ1) is 10.2. The lowest BCUT2D eigenvalue weighted by atomic mass is 10.2. The van der Waals surface area contributed by atoms with Crippen molar-refractivity contribution in [2.24, 2.45) is 0 Å². The minimum Gasteiger partial charge on any atom is -0.454 e. The Kier molecular flexibility index (Phi) is 5.82. The normalized spacial score (nSPS) is 14.0. The molecule has 0 amide bonds. The Balaban J connectivity index is 1.88. The molecule has 0 spiro atoms. The molecule has 1 aromatic rings. The van der Waals surface area contributed by atoms with E-state index in [0.717, 1.165) is 11.3 Å². The minimum absolute atomic E-state index is 0.131. The average molecular weight is 314 g/mol. The smallest absolute Gasteiger partial charge is 0.454 e. The summed E-state index contributed by atoms with van der Waals surface area (Å²) < 4.78 is 37.8. The van der Waals surface area contributed by atoms with Gasteiger partial charge in [0.2, 0.25) is 6.79 Å². The molecule has 0 atom stereocenters. The summed E-state index contributed by atoms with van der Waals surface area (Å²) in [7, 11) is -3.45. The fourth-order valence-corrected chi connectivity index (χ4v) is 2.89. The average Bonchev–Trinajstić information content (AvgIpc) is 2.92. The van der Waals surface area contributed by atoms with Crippen molar-refractivity contribution in [3.05, 3.63) is 29.8 Å². The van der Waals surface area contributed by atoms with Crippen LogP contribution in [0.5, 0.6) is 11.5 Å². The number of fused-ring (bicyclic) bond motifs is 1. The molecule has 0 aliphatic carbocycles. The molecule has 0 N–H and O–H groups in total. The van der Waals surface area contributed by atoms with Gasteiger partial charge in [0, 0.05) is 0 Å². The van der Waals surface area contributed by atoms with Gasteiger partial charge >= 0.3 is 7.82 Å². The Morgan fingerprint density at radius 3 is 2.57 bits per heavy atom. The fraction of sp³-hybridized carbons (Fsp3) is 0.429. The van der Waals surface area contributed by atoms with Gasteiger partial charge in [-0.25, -0.2) is 4.57 Å². The van der Waals surface area contributed by atoms with Crippen LogP contribution in [0.15, 0.2) is 24.3 Å². The van der Waals surface area contributed by atoms with Crippen LogP contribution in [0, 0.1) is 0 Å². The molecule has 1 heterocycles. The Morgan fingerprint density at radius 1 is 1.14 bits per heavy atom. The number of rotatable bonds is 8. The van der Waals surface area contributed by atoms with E-state index in [9.17, 15) is 4.57 Å². The maximum atomic E-state index is 12.0. The Hall–Kier alpha value is -1.33. The summed E-state index contributed by atoms with van der Waals surface area (Å²) >= 11 is 0. The minimum atomic E-state index is -3.45. The first kappa shape index (κ1) is 16.0. The van der Waals surface area contributed by atoms with Crippen LogP contribution in [-0.4, -0.2) is 26.6 Å². The van der Waals surface area contributed by atoms with E-state index in [2.05, 4.69) is 0 Å². The maximum absolute atomic E-state index is 12.0.